The van der Waals surface area contributed by atoms with E-state index in [1.54, 1.807) is 0 Å². The Kier molecular flexibility index (Phi) is 4.49. The summed E-state index contributed by atoms with van der Waals surface area (Å²) in [5, 5.41) is 5.75. The number of alkyl halides is 1. The predicted octanol–water partition coefficient (Wildman–Crippen LogP) is 3.25. The molecule has 0 aliphatic carbocycles. The van der Waals surface area contributed by atoms with Gasteiger partial charge in [-0.2, -0.15) is 5.10 Å². The number of halogens is 1. The standard InChI is InChI=1S/C14H23BrN2O/c1-4-13-11(2)16-17(12(13)3)10-14(9-15)5-7-18-8-6-14/h4-10H2,1-3H3. The van der Waals surface area contributed by atoms with Crippen LogP contribution in [-0.2, 0) is 17.7 Å². The fourth-order valence-corrected chi connectivity index (χ4v) is 3.59. The van der Waals surface area contributed by atoms with Gasteiger partial charge in [-0.05, 0) is 38.7 Å². The summed E-state index contributed by atoms with van der Waals surface area (Å²) in [5.41, 5.74) is 4.24. The molecule has 0 spiro atoms. The van der Waals surface area contributed by atoms with E-state index >= 15 is 0 Å². The number of nitrogens with zero attached hydrogens (tertiary/aromatic N) is 2. The zero-order chi connectivity index (χ0) is 13.2. The van der Waals surface area contributed by atoms with Crippen molar-refractivity contribution < 1.29 is 4.74 Å². The fourth-order valence-electron chi connectivity index (χ4n) is 2.86. The van der Waals surface area contributed by atoms with Crippen LogP contribution in [0.1, 0.15) is 36.7 Å². The summed E-state index contributed by atoms with van der Waals surface area (Å²) in [6, 6.07) is 0. The van der Waals surface area contributed by atoms with Gasteiger partial charge in [0, 0.05) is 36.2 Å². The molecule has 0 radical (unpaired) electrons. The van der Waals surface area contributed by atoms with Gasteiger partial charge in [-0.15, -0.1) is 0 Å². The first-order valence-electron chi connectivity index (χ1n) is 6.78. The molecule has 0 bridgehead atoms. The van der Waals surface area contributed by atoms with Gasteiger partial charge >= 0.3 is 0 Å². The third kappa shape index (κ3) is 2.64. The highest BCUT2D eigenvalue weighted by molar-refractivity contribution is 9.09. The van der Waals surface area contributed by atoms with Gasteiger partial charge in [0.2, 0.25) is 0 Å². The molecule has 0 amide bonds. The summed E-state index contributed by atoms with van der Waals surface area (Å²) < 4.78 is 7.70. The number of ether oxygens (including phenoxy) is 1. The second-order valence-electron chi connectivity index (χ2n) is 5.41. The predicted molar refractivity (Wildman–Crippen MR) is 77.4 cm³/mol. The van der Waals surface area contributed by atoms with Crippen LogP contribution in [0.25, 0.3) is 0 Å². The first-order chi connectivity index (χ1) is 8.62. The van der Waals surface area contributed by atoms with Crippen molar-refractivity contribution in [3.05, 3.63) is 17.0 Å². The maximum absolute atomic E-state index is 5.49. The molecular formula is C14H23BrN2O. The third-order valence-corrected chi connectivity index (χ3v) is 5.40. The Morgan fingerprint density at radius 1 is 1.33 bits per heavy atom. The molecule has 1 aliphatic heterocycles. The number of aromatic nitrogens is 2. The molecule has 1 aliphatic rings. The van der Waals surface area contributed by atoms with E-state index in [9.17, 15) is 0 Å². The van der Waals surface area contributed by atoms with E-state index in [4.69, 9.17) is 9.84 Å². The van der Waals surface area contributed by atoms with Crippen molar-refractivity contribution in [3.63, 3.8) is 0 Å². The highest BCUT2D eigenvalue weighted by Crippen LogP contribution is 2.35. The largest absolute Gasteiger partial charge is 0.381 e. The average Bonchev–Trinajstić information content (AvgIpc) is 2.65. The molecule has 1 fully saturated rings. The molecular weight excluding hydrogens is 292 g/mol. The number of hydrogen-bond donors (Lipinski definition) is 0. The van der Waals surface area contributed by atoms with Gasteiger partial charge in [0.1, 0.15) is 0 Å². The molecule has 0 saturated carbocycles. The van der Waals surface area contributed by atoms with Crippen LogP contribution in [0.2, 0.25) is 0 Å². The fraction of sp³-hybridized carbons (Fsp3) is 0.786. The smallest absolute Gasteiger partial charge is 0.0628 e. The van der Waals surface area contributed by atoms with Crippen LogP contribution in [0, 0.1) is 19.3 Å². The van der Waals surface area contributed by atoms with Gasteiger partial charge in [-0.1, -0.05) is 22.9 Å². The molecule has 0 atom stereocenters. The van der Waals surface area contributed by atoms with Gasteiger partial charge in [0.15, 0.2) is 0 Å². The maximum atomic E-state index is 5.49. The second kappa shape index (κ2) is 5.74. The topological polar surface area (TPSA) is 27.1 Å². The third-order valence-electron chi connectivity index (χ3n) is 4.21. The Bertz CT molecular complexity index is 408. The van der Waals surface area contributed by atoms with Crippen LogP contribution in [0.15, 0.2) is 0 Å². The Hall–Kier alpha value is -0.350. The van der Waals surface area contributed by atoms with Crippen molar-refractivity contribution in [2.24, 2.45) is 5.41 Å². The molecule has 102 valence electrons. The zero-order valence-corrected chi connectivity index (χ0v) is 13.2. The molecule has 1 saturated heterocycles. The van der Waals surface area contributed by atoms with E-state index in [1.165, 1.54) is 17.0 Å². The van der Waals surface area contributed by atoms with E-state index in [0.717, 1.165) is 44.4 Å². The lowest BCUT2D eigenvalue weighted by atomic mass is 9.82. The molecule has 3 nitrogen and oxygen atoms in total. The number of hydrogen-bond acceptors (Lipinski definition) is 2. The SMILES string of the molecule is CCc1c(C)nn(CC2(CBr)CCOCC2)c1C. The highest BCUT2D eigenvalue weighted by Gasteiger charge is 2.33. The summed E-state index contributed by atoms with van der Waals surface area (Å²) in [4.78, 5) is 0. The van der Waals surface area contributed by atoms with Gasteiger partial charge in [0.25, 0.3) is 0 Å². The highest BCUT2D eigenvalue weighted by atomic mass is 79.9. The normalized spacial score (nSPS) is 19.1. The van der Waals surface area contributed by atoms with Crippen LogP contribution in [-0.4, -0.2) is 28.3 Å². The van der Waals surface area contributed by atoms with Crippen molar-refractivity contribution in [1.29, 1.82) is 0 Å². The Balaban J connectivity index is 2.21. The van der Waals surface area contributed by atoms with Crippen molar-refractivity contribution >= 4 is 15.9 Å². The maximum Gasteiger partial charge on any atom is 0.0628 e. The first-order valence-corrected chi connectivity index (χ1v) is 7.90. The van der Waals surface area contributed by atoms with Crippen molar-refractivity contribution in [3.8, 4) is 0 Å². The Morgan fingerprint density at radius 2 is 2.00 bits per heavy atom. The number of aryl methyl sites for hydroxylation is 1. The monoisotopic (exact) mass is 314 g/mol. The quantitative estimate of drug-likeness (QED) is 0.798. The van der Waals surface area contributed by atoms with E-state index in [0.29, 0.717) is 5.41 Å². The molecule has 0 aromatic carbocycles. The van der Waals surface area contributed by atoms with E-state index in [1.807, 2.05) is 0 Å². The summed E-state index contributed by atoms with van der Waals surface area (Å²) in [7, 11) is 0. The van der Waals surface area contributed by atoms with Gasteiger partial charge in [0.05, 0.1) is 5.69 Å². The summed E-state index contributed by atoms with van der Waals surface area (Å²) in [5.74, 6) is 0. The molecule has 1 aromatic rings. The second-order valence-corrected chi connectivity index (χ2v) is 5.97. The molecule has 0 unspecified atom stereocenters. The van der Waals surface area contributed by atoms with Crippen molar-refractivity contribution in [2.75, 3.05) is 18.5 Å². The first kappa shape index (κ1) is 14.1. The van der Waals surface area contributed by atoms with Crippen molar-refractivity contribution in [1.82, 2.24) is 9.78 Å². The molecule has 18 heavy (non-hydrogen) atoms. The lowest BCUT2D eigenvalue weighted by Gasteiger charge is -2.35. The Labute approximate surface area is 118 Å². The lowest BCUT2D eigenvalue weighted by molar-refractivity contribution is 0.0166. The summed E-state index contributed by atoms with van der Waals surface area (Å²) in [6.45, 7) is 9.29. The molecule has 2 heterocycles. The molecule has 4 heteroatoms. The van der Waals surface area contributed by atoms with Gasteiger partial charge in [-0.3, -0.25) is 4.68 Å². The Morgan fingerprint density at radius 3 is 2.50 bits per heavy atom. The van der Waals surface area contributed by atoms with Crippen molar-refractivity contribution in [2.45, 2.75) is 46.6 Å². The summed E-state index contributed by atoms with van der Waals surface area (Å²) >= 11 is 3.70. The van der Waals surface area contributed by atoms with E-state index in [2.05, 4.69) is 41.4 Å². The van der Waals surface area contributed by atoms with Crippen LogP contribution in [0.3, 0.4) is 0 Å². The van der Waals surface area contributed by atoms with Crippen LogP contribution in [0.5, 0.6) is 0 Å². The number of rotatable bonds is 4. The van der Waals surface area contributed by atoms with Gasteiger partial charge < -0.3 is 4.74 Å². The zero-order valence-electron chi connectivity index (χ0n) is 11.6. The molecule has 2 rings (SSSR count). The van der Waals surface area contributed by atoms with Crippen LogP contribution < -0.4 is 0 Å². The molecule has 1 aromatic heterocycles. The minimum Gasteiger partial charge on any atom is -0.381 e. The van der Waals surface area contributed by atoms with Gasteiger partial charge in [-0.25, -0.2) is 0 Å². The van der Waals surface area contributed by atoms with E-state index < -0.39 is 0 Å². The average molecular weight is 315 g/mol. The van der Waals surface area contributed by atoms with Crippen LogP contribution in [0.4, 0.5) is 0 Å². The van der Waals surface area contributed by atoms with E-state index in [-0.39, 0.29) is 0 Å². The minimum atomic E-state index is 0.312. The minimum absolute atomic E-state index is 0.312. The van der Waals surface area contributed by atoms with Crippen LogP contribution >= 0.6 is 15.9 Å². The molecule has 0 N–H and O–H groups in total. The lowest BCUT2D eigenvalue weighted by Crippen LogP contribution is -2.36. The summed E-state index contributed by atoms with van der Waals surface area (Å²) in [6.07, 6.45) is 3.32.